The highest BCUT2D eigenvalue weighted by Gasteiger charge is 2.17. The smallest absolute Gasteiger partial charge is 0.245 e. The third kappa shape index (κ3) is 8.38. The van der Waals surface area contributed by atoms with Crippen molar-refractivity contribution >= 4 is 17.6 Å². The van der Waals surface area contributed by atoms with Crippen LogP contribution >= 0.6 is 0 Å². The van der Waals surface area contributed by atoms with Crippen LogP contribution in [0.5, 0.6) is 0 Å². The molecule has 0 fully saturated rings. The quantitative estimate of drug-likeness (QED) is 0.596. The van der Waals surface area contributed by atoms with Crippen LogP contribution in [0.3, 0.4) is 0 Å². The van der Waals surface area contributed by atoms with E-state index in [0.717, 1.165) is 44.9 Å². The predicted molar refractivity (Wildman–Crippen MR) is 90.0 cm³/mol. The van der Waals surface area contributed by atoms with E-state index in [-0.39, 0.29) is 18.4 Å². The van der Waals surface area contributed by atoms with Gasteiger partial charge in [0.25, 0.3) is 0 Å². The molecule has 0 bridgehead atoms. The molecule has 130 valence electrons. The van der Waals surface area contributed by atoms with Gasteiger partial charge in [0.2, 0.25) is 11.8 Å². The first-order valence-electron chi connectivity index (χ1n) is 8.65. The molecule has 6 nitrogen and oxygen atoms in total. The summed E-state index contributed by atoms with van der Waals surface area (Å²) in [7, 11) is 0. The lowest BCUT2D eigenvalue weighted by atomic mass is 10.1. The van der Waals surface area contributed by atoms with Crippen LogP contribution in [0.4, 0.5) is 5.82 Å². The Kier molecular flexibility index (Phi) is 9.75. The van der Waals surface area contributed by atoms with Gasteiger partial charge < -0.3 is 14.7 Å². The summed E-state index contributed by atoms with van der Waals surface area (Å²) in [6.07, 6.45) is 9.24. The fraction of sp³-hybridized carbons (Fsp3) is 0.706. The maximum atomic E-state index is 12.3. The summed E-state index contributed by atoms with van der Waals surface area (Å²) in [6.45, 7) is 4.97. The molecular weight excluding hydrogens is 294 g/mol. The van der Waals surface area contributed by atoms with Gasteiger partial charge in [0.05, 0.1) is 6.54 Å². The van der Waals surface area contributed by atoms with E-state index in [2.05, 4.69) is 28.8 Å². The van der Waals surface area contributed by atoms with Crippen molar-refractivity contribution < 1.29 is 14.1 Å². The molecule has 23 heavy (non-hydrogen) atoms. The summed E-state index contributed by atoms with van der Waals surface area (Å²) in [5.74, 6) is 0.197. The second kappa shape index (κ2) is 11.7. The SMILES string of the molecule is CCCCCCN(CC(=O)Nc1ccon1)C(=O)CCCCC. The van der Waals surface area contributed by atoms with Gasteiger partial charge in [0.1, 0.15) is 6.26 Å². The van der Waals surface area contributed by atoms with Crippen LogP contribution in [0.1, 0.15) is 65.2 Å². The van der Waals surface area contributed by atoms with E-state index < -0.39 is 0 Å². The molecule has 0 aliphatic rings. The van der Waals surface area contributed by atoms with E-state index >= 15 is 0 Å². The molecule has 0 radical (unpaired) electrons. The molecule has 0 aliphatic heterocycles. The third-order valence-corrected chi connectivity index (χ3v) is 3.67. The summed E-state index contributed by atoms with van der Waals surface area (Å²) in [5.41, 5.74) is 0. The zero-order valence-corrected chi connectivity index (χ0v) is 14.3. The maximum absolute atomic E-state index is 12.3. The maximum Gasteiger partial charge on any atom is 0.245 e. The fourth-order valence-corrected chi connectivity index (χ4v) is 2.34. The topological polar surface area (TPSA) is 75.4 Å². The molecular formula is C17H29N3O3. The molecule has 0 aromatic carbocycles. The number of amides is 2. The second-order valence-corrected chi connectivity index (χ2v) is 5.77. The standard InChI is InChI=1S/C17H29N3O3/c1-3-5-7-9-12-20(17(22)10-8-6-4-2)14-16(21)18-15-11-13-23-19-15/h11,13H,3-10,12,14H2,1-2H3,(H,18,19,21). The van der Waals surface area contributed by atoms with Crippen LogP contribution in [0.2, 0.25) is 0 Å². The van der Waals surface area contributed by atoms with Crippen molar-refractivity contribution in [2.24, 2.45) is 0 Å². The van der Waals surface area contributed by atoms with E-state index in [1.807, 2.05) is 0 Å². The highest BCUT2D eigenvalue weighted by molar-refractivity contribution is 5.93. The first-order chi connectivity index (χ1) is 11.2. The summed E-state index contributed by atoms with van der Waals surface area (Å²) in [6, 6.07) is 1.58. The Hall–Kier alpha value is -1.85. The van der Waals surface area contributed by atoms with Gasteiger partial charge in [-0.25, -0.2) is 0 Å². The number of nitrogens with one attached hydrogen (secondary N) is 1. The van der Waals surface area contributed by atoms with E-state index in [9.17, 15) is 9.59 Å². The Bertz CT molecular complexity index is 446. The molecule has 1 aromatic rings. The lowest BCUT2D eigenvalue weighted by molar-refractivity contribution is -0.134. The van der Waals surface area contributed by atoms with E-state index in [4.69, 9.17) is 0 Å². The van der Waals surface area contributed by atoms with Gasteiger partial charge in [-0.2, -0.15) is 0 Å². The van der Waals surface area contributed by atoms with Crippen LogP contribution in [-0.2, 0) is 9.59 Å². The second-order valence-electron chi connectivity index (χ2n) is 5.77. The average molecular weight is 323 g/mol. The number of hydrogen-bond acceptors (Lipinski definition) is 4. The van der Waals surface area contributed by atoms with Crippen molar-refractivity contribution in [3.05, 3.63) is 12.3 Å². The number of anilines is 1. The van der Waals surface area contributed by atoms with E-state index in [1.54, 1.807) is 11.0 Å². The number of unbranched alkanes of at least 4 members (excludes halogenated alkanes) is 5. The van der Waals surface area contributed by atoms with Gasteiger partial charge in [0.15, 0.2) is 5.82 Å². The Labute approximate surface area is 138 Å². The summed E-state index contributed by atoms with van der Waals surface area (Å²) < 4.78 is 4.68. The largest absolute Gasteiger partial charge is 0.363 e. The fourth-order valence-electron chi connectivity index (χ4n) is 2.34. The summed E-state index contributed by atoms with van der Waals surface area (Å²) >= 11 is 0. The number of carbonyl (C=O) groups excluding carboxylic acids is 2. The normalized spacial score (nSPS) is 10.5. The Morgan fingerprint density at radius 3 is 2.52 bits per heavy atom. The minimum atomic E-state index is -0.238. The molecule has 1 heterocycles. The van der Waals surface area contributed by atoms with Gasteiger partial charge >= 0.3 is 0 Å². The molecule has 0 spiro atoms. The first-order valence-corrected chi connectivity index (χ1v) is 8.65. The molecule has 1 rings (SSSR count). The molecule has 2 amide bonds. The van der Waals surface area contributed by atoms with Crippen molar-refractivity contribution in [1.82, 2.24) is 10.1 Å². The summed E-state index contributed by atoms with van der Waals surface area (Å²) in [4.78, 5) is 26.1. The Morgan fingerprint density at radius 2 is 1.87 bits per heavy atom. The van der Waals surface area contributed by atoms with E-state index in [0.29, 0.717) is 18.8 Å². The van der Waals surface area contributed by atoms with Crippen LogP contribution < -0.4 is 5.32 Å². The number of rotatable bonds is 12. The minimum Gasteiger partial charge on any atom is -0.363 e. The number of hydrogen-bond donors (Lipinski definition) is 1. The van der Waals surface area contributed by atoms with Crippen LogP contribution in [0, 0.1) is 0 Å². The van der Waals surface area contributed by atoms with Gasteiger partial charge in [-0.3, -0.25) is 9.59 Å². The number of aromatic nitrogens is 1. The van der Waals surface area contributed by atoms with Crippen LogP contribution in [0.25, 0.3) is 0 Å². The molecule has 6 heteroatoms. The highest BCUT2D eigenvalue weighted by Crippen LogP contribution is 2.08. The zero-order chi connectivity index (χ0) is 16.9. The first kappa shape index (κ1) is 19.2. The molecule has 0 aliphatic carbocycles. The van der Waals surface area contributed by atoms with Gasteiger partial charge in [0, 0.05) is 19.0 Å². The lowest BCUT2D eigenvalue weighted by Crippen LogP contribution is -2.38. The number of nitrogens with zero attached hydrogens (tertiary/aromatic N) is 2. The average Bonchev–Trinajstić information content (AvgIpc) is 3.03. The van der Waals surface area contributed by atoms with Crippen molar-refractivity contribution in [3.63, 3.8) is 0 Å². The number of carbonyl (C=O) groups is 2. The predicted octanol–water partition coefficient (Wildman–Crippen LogP) is 3.60. The van der Waals surface area contributed by atoms with Crippen molar-refractivity contribution in [2.45, 2.75) is 65.2 Å². The molecule has 0 atom stereocenters. The molecule has 0 saturated carbocycles. The zero-order valence-electron chi connectivity index (χ0n) is 14.3. The van der Waals surface area contributed by atoms with Gasteiger partial charge in [-0.15, -0.1) is 0 Å². The van der Waals surface area contributed by atoms with Gasteiger partial charge in [-0.1, -0.05) is 51.1 Å². The van der Waals surface area contributed by atoms with Crippen molar-refractivity contribution in [1.29, 1.82) is 0 Å². The van der Waals surface area contributed by atoms with Crippen LogP contribution in [0.15, 0.2) is 16.9 Å². The Morgan fingerprint density at radius 1 is 1.13 bits per heavy atom. The van der Waals surface area contributed by atoms with Crippen molar-refractivity contribution in [3.8, 4) is 0 Å². The van der Waals surface area contributed by atoms with Crippen LogP contribution in [-0.4, -0.2) is 35.0 Å². The molecule has 0 saturated heterocycles. The van der Waals surface area contributed by atoms with Crippen molar-refractivity contribution in [2.75, 3.05) is 18.4 Å². The van der Waals surface area contributed by atoms with E-state index in [1.165, 1.54) is 6.26 Å². The minimum absolute atomic E-state index is 0.0604. The Balaban J connectivity index is 2.47. The summed E-state index contributed by atoms with van der Waals surface area (Å²) in [5, 5.41) is 6.28. The molecule has 1 N–H and O–H groups in total. The van der Waals surface area contributed by atoms with Gasteiger partial charge in [-0.05, 0) is 12.8 Å². The lowest BCUT2D eigenvalue weighted by Gasteiger charge is -2.22. The monoisotopic (exact) mass is 323 g/mol. The third-order valence-electron chi connectivity index (χ3n) is 3.67. The molecule has 1 aromatic heterocycles. The highest BCUT2D eigenvalue weighted by atomic mass is 16.5. The molecule has 0 unspecified atom stereocenters.